The lowest BCUT2D eigenvalue weighted by Gasteiger charge is -2.25. The number of esters is 1. The monoisotopic (exact) mass is 632 g/mol. The van der Waals surface area contributed by atoms with Crippen LogP contribution in [0.2, 0.25) is 0 Å². The number of alkyl carbamates (subject to hydrolysis) is 1. The average molecular weight is 633 g/mol. The number of ether oxygens (including phenoxy) is 3. The van der Waals surface area contributed by atoms with Crippen LogP contribution in [-0.4, -0.2) is 91.6 Å². The fraction of sp³-hybridized carbons (Fsp3) is 0.483. The number of anilines is 1. The van der Waals surface area contributed by atoms with E-state index in [1.165, 1.54) is 19.1 Å². The molecule has 2 atom stereocenters. The fourth-order valence-corrected chi connectivity index (χ4v) is 3.95. The minimum Gasteiger partial charge on any atom is -0.461 e. The Kier molecular flexibility index (Phi) is 15.0. The van der Waals surface area contributed by atoms with Crippen LogP contribution in [0.1, 0.15) is 39.2 Å². The number of hydrogen-bond acceptors (Lipinski definition) is 10. The van der Waals surface area contributed by atoms with E-state index in [2.05, 4.69) is 21.3 Å². The quantitative estimate of drug-likeness (QED) is 0.0846. The molecule has 7 amide bonds. The van der Waals surface area contributed by atoms with E-state index in [1.54, 1.807) is 38.1 Å². The van der Waals surface area contributed by atoms with Crippen LogP contribution < -0.4 is 27.0 Å². The van der Waals surface area contributed by atoms with Gasteiger partial charge in [0.1, 0.15) is 25.3 Å². The molecule has 1 heterocycles. The first-order valence-electron chi connectivity index (χ1n) is 14.3. The first kappa shape index (κ1) is 36.2. The van der Waals surface area contributed by atoms with E-state index < -0.39 is 53.8 Å². The molecule has 0 aliphatic carbocycles. The highest BCUT2D eigenvalue weighted by atomic mass is 16.6. The van der Waals surface area contributed by atoms with E-state index in [-0.39, 0.29) is 51.9 Å². The Bertz CT molecular complexity index is 1230. The lowest BCUT2D eigenvalue weighted by atomic mass is 10.0. The minimum atomic E-state index is -1.06. The lowest BCUT2D eigenvalue weighted by Crippen LogP contribution is -2.54. The summed E-state index contributed by atoms with van der Waals surface area (Å²) in [5, 5.41) is 10.3. The van der Waals surface area contributed by atoms with Crippen molar-refractivity contribution in [2.24, 2.45) is 11.7 Å². The van der Waals surface area contributed by atoms with Gasteiger partial charge in [0, 0.05) is 31.3 Å². The Morgan fingerprint density at radius 3 is 2.16 bits per heavy atom. The van der Waals surface area contributed by atoms with Gasteiger partial charge in [0.2, 0.25) is 11.8 Å². The lowest BCUT2D eigenvalue weighted by molar-refractivity contribution is -0.142. The van der Waals surface area contributed by atoms with Gasteiger partial charge < -0.3 is 41.2 Å². The van der Waals surface area contributed by atoms with Crippen LogP contribution in [-0.2, 0) is 44.8 Å². The molecule has 0 spiro atoms. The SMILES string of the molecule is CC(=O)OCc1ccc(NC(=O)[C@H](CCCNC(N)=O)NC(=O)[C@@H](NC(=O)OCCOCCN2C(=O)C=CC2=O)C(C)C)cc1. The highest BCUT2D eigenvalue weighted by molar-refractivity contribution is 6.12. The Morgan fingerprint density at radius 1 is 0.889 bits per heavy atom. The van der Waals surface area contributed by atoms with Crippen LogP contribution in [0.15, 0.2) is 36.4 Å². The molecule has 1 aromatic rings. The zero-order chi connectivity index (χ0) is 33.4. The highest BCUT2D eigenvalue weighted by Gasteiger charge is 2.29. The molecule has 1 aliphatic rings. The summed E-state index contributed by atoms with van der Waals surface area (Å²) in [5.41, 5.74) is 6.24. The maximum absolute atomic E-state index is 13.2. The summed E-state index contributed by atoms with van der Waals surface area (Å²) in [5.74, 6) is -2.83. The van der Waals surface area contributed by atoms with Crippen LogP contribution in [0, 0.1) is 5.92 Å². The summed E-state index contributed by atoms with van der Waals surface area (Å²) < 4.78 is 15.3. The molecule has 0 saturated carbocycles. The van der Waals surface area contributed by atoms with Crippen molar-refractivity contribution < 1.29 is 47.8 Å². The molecule has 16 heteroatoms. The third-order valence-corrected chi connectivity index (χ3v) is 6.31. The van der Waals surface area contributed by atoms with E-state index in [4.69, 9.17) is 19.9 Å². The van der Waals surface area contributed by atoms with Gasteiger partial charge in [-0.25, -0.2) is 9.59 Å². The number of benzene rings is 1. The summed E-state index contributed by atoms with van der Waals surface area (Å²) in [7, 11) is 0. The number of carbonyl (C=O) groups excluding carboxylic acids is 7. The zero-order valence-corrected chi connectivity index (χ0v) is 25.5. The number of carbonyl (C=O) groups is 7. The maximum Gasteiger partial charge on any atom is 0.407 e. The van der Waals surface area contributed by atoms with Crippen molar-refractivity contribution in [1.29, 1.82) is 0 Å². The van der Waals surface area contributed by atoms with Crippen molar-refractivity contribution in [2.75, 3.05) is 38.2 Å². The van der Waals surface area contributed by atoms with Crippen molar-refractivity contribution in [3.05, 3.63) is 42.0 Å². The molecule has 0 unspecified atom stereocenters. The predicted octanol–water partition coefficient (Wildman–Crippen LogP) is 0.314. The fourth-order valence-electron chi connectivity index (χ4n) is 3.95. The molecule has 45 heavy (non-hydrogen) atoms. The van der Waals surface area contributed by atoms with Gasteiger partial charge in [-0.05, 0) is 36.5 Å². The van der Waals surface area contributed by atoms with E-state index in [1.807, 2.05) is 0 Å². The normalized spacial score (nSPS) is 13.6. The molecule has 0 saturated heterocycles. The van der Waals surface area contributed by atoms with Crippen molar-refractivity contribution in [1.82, 2.24) is 20.9 Å². The molecule has 2 rings (SSSR count). The van der Waals surface area contributed by atoms with Gasteiger partial charge in [0.15, 0.2) is 0 Å². The molecule has 0 fully saturated rings. The third kappa shape index (κ3) is 13.5. The molecule has 0 aromatic heterocycles. The molecule has 0 radical (unpaired) electrons. The first-order chi connectivity index (χ1) is 21.4. The summed E-state index contributed by atoms with van der Waals surface area (Å²) >= 11 is 0. The van der Waals surface area contributed by atoms with E-state index in [0.29, 0.717) is 17.7 Å². The number of nitrogens with two attached hydrogens (primary N) is 1. The summed E-state index contributed by atoms with van der Waals surface area (Å²) in [6, 6.07) is 3.76. The number of imide groups is 1. The minimum absolute atomic E-state index is 0.0120. The van der Waals surface area contributed by atoms with Crippen molar-refractivity contribution in [3.8, 4) is 0 Å². The molecule has 246 valence electrons. The van der Waals surface area contributed by atoms with Gasteiger partial charge >= 0.3 is 18.1 Å². The molecule has 0 bridgehead atoms. The maximum atomic E-state index is 13.2. The second-order valence-electron chi connectivity index (χ2n) is 10.2. The molecule has 1 aliphatic heterocycles. The van der Waals surface area contributed by atoms with Gasteiger partial charge in [-0.2, -0.15) is 0 Å². The summed E-state index contributed by atoms with van der Waals surface area (Å²) in [6.45, 7) is 4.89. The van der Waals surface area contributed by atoms with Crippen LogP contribution in [0.5, 0.6) is 0 Å². The molecule has 1 aromatic carbocycles. The van der Waals surface area contributed by atoms with Gasteiger partial charge in [-0.1, -0.05) is 26.0 Å². The van der Waals surface area contributed by atoms with Crippen LogP contribution >= 0.6 is 0 Å². The molecular formula is C29H40N6O10. The number of urea groups is 1. The van der Waals surface area contributed by atoms with Gasteiger partial charge in [-0.3, -0.25) is 28.9 Å². The number of hydrogen-bond donors (Lipinski definition) is 5. The Labute approximate surface area is 260 Å². The second-order valence-corrected chi connectivity index (χ2v) is 10.2. The molecular weight excluding hydrogens is 592 g/mol. The number of amides is 7. The Balaban J connectivity index is 1.90. The van der Waals surface area contributed by atoms with E-state index in [0.717, 1.165) is 4.90 Å². The van der Waals surface area contributed by atoms with Crippen LogP contribution in [0.4, 0.5) is 15.3 Å². The smallest absolute Gasteiger partial charge is 0.407 e. The van der Waals surface area contributed by atoms with Gasteiger partial charge in [0.25, 0.3) is 11.8 Å². The van der Waals surface area contributed by atoms with Gasteiger partial charge in [-0.15, -0.1) is 0 Å². The second kappa shape index (κ2) is 18.6. The Morgan fingerprint density at radius 2 is 1.56 bits per heavy atom. The van der Waals surface area contributed by atoms with Gasteiger partial charge in [0.05, 0.1) is 19.8 Å². The largest absolute Gasteiger partial charge is 0.461 e. The van der Waals surface area contributed by atoms with Crippen molar-refractivity contribution >= 4 is 47.4 Å². The van der Waals surface area contributed by atoms with Crippen LogP contribution in [0.25, 0.3) is 0 Å². The predicted molar refractivity (Wildman–Crippen MR) is 159 cm³/mol. The highest BCUT2D eigenvalue weighted by Crippen LogP contribution is 2.13. The first-order valence-corrected chi connectivity index (χ1v) is 14.3. The number of rotatable bonds is 18. The van der Waals surface area contributed by atoms with Crippen molar-refractivity contribution in [3.63, 3.8) is 0 Å². The molecule has 16 nitrogen and oxygen atoms in total. The molecule has 6 N–H and O–H groups in total. The Hall–Kier alpha value is -4.99. The topological polar surface area (TPSA) is 225 Å². The zero-order valence-electron chi connectivity index (χ0n) is 25.5. The number of nitrogens with zero attached hydrogens (tertiary/aromatic N) is 1. The average Bonchev–Trinajstić information content (AvgIpc) is 3.30. The van der Waals surface area contributed by atoms with Crippen molar-refractivity contribution in [2.45, 2.75) is 52.3 Å². The summed E-state index contributed by atoms with van der Waals surface area (Å²) in [6.07, 6.45) is 1.89. The standard InChI is InChI=1S/C29H40N6O10/c1-18(2)25(34-29(42)44-16-15-43-14-13-35-23(37)10-11-24(35)38)27(40)33-22(5-4-12-31-28(30)41)26(39)32-21-8-6-20(7-9-21)17-45-19(3)36/h6-11,18,22,25H,4-5,12-17H2,1-3H3,(H,32,39)(H,33,40)(H,34,42)(H3,30,31,41)/t22-,25-/m0/s1. The van der Waals surface area contributed by atoms with E-state index in [9.17, 15) is 33.6 Å². The van der Waals surface area contributed by atoms with Crippen LogP contribution in [0.3, 0.4) is 0 Å². The number of nitrogens with one attached hydrogen (secondary N) is 4. The summed E-state index contributed by atoms with van der Waals surface area (Å²) in [4.78, 5) is 84.9. The number of primary amides is 1. The third-order valence-electron chi connectivity index (χ3n) is 6.31. The van der Waals surface area contributed by atoms with E-state index >= 15 is 0 Å².